The van der Waals surface area contributed by atoms with Crippen molar-refractivity contribution in [3.8, 4) is 23.7 Å². The standard InChI is InChI=1S/C36H36O12/c1-19(9-7-11-21(3)35(42)43)13-15-25-17-27(45-23(5)37)31(41)33(29(25)39)48-36(44)22(4)12-8-10-20(2)14-16-26-18-28(46-24(6)38)32-34(47-32)30(26)40/h11-12,17-18,27-28,31-34,41H,1-2,7-10H2,3-6H3,(H,42,43)/b21-11+,22-12+/t27-,28-,31+,32+,33+,34-/m1/s1. The lowest BCUT2D eigenvalue weighted by molar-refractivity contribution is -0.168. The van der Waals surface area contributed by atoms with Crippen LogP contribution < -0.4 is 0 Å². The van der Waals surface area contributed by atoms with Gasteiger partial charge in [0.25, 0.3) is 0 Å². The van der Waals surface area contributed by atoms with Gasteiger partial charge in [-0.05, 0) is 62.8 Å². The van der Waals surface area contributed by atoms with Crippen LogP contribution >= 0.6 is 0 Å². The lowest BCUT2D eigenvalue weighted by atomic mass is 9.90. The molecule has 3 aliphatic rings. The summed E-state index contributed by atoms with van der Waals surface area (Å²) in [4.78, 5) is 72.4. The molecule has 48 heavy (non-hydrogen) atoms. The van der Waals surface area contributed by atoms with Gasteiger partial charge in [-0.1, -0.05) is 49.0 Å². The number of fused-ring (bicyclic) bond motifs is 1. The topological polar surface area (TPSA) is 183 Å². The number of carboxylic acid groups (broad SMARTS) is 1. The fourth-order valence-electron chi connectivity index (χ4n) is 4.56. The number of esters is 3. The van der Waals surface area contributed by atoms with Gasteiger partial charge in [0.05, 0.1) is 11.1 Å². The number of carbonyl (C=O) groups excluding carboxylic acids is 5. The highest BCUT2D eigenvalue weighted by molar-refractivity contribution is 6.06. The molecule has 1 fully saturated rings. The maximum Gasteiger partial charge on any atom is 0.334 e. The molecular formula is C36H36O12. The van der Waals surface area contributed by atoms with Crippen LogP contribution in [0.15, 0.2) is 70.9 Å². The van der Waals surface area contributed by atoms with Crippen LogP contribution in [-0.4, -0.2) is 82.3 Å². The van der Waals surface area contributed by atoms with E-state index in [1.807, 2.05) is 0 Å². The van der Waals surface area contributed by atoms with E-state index in [0.717, 1.165) is 6.92 Å². The third-order valence-corrected chi connectivity index (χ3v) is 7.24. The molecule has 0 amide bonds. The number of rotatable bonds is 11. The van der Waals surface area contributed by atoms with Crippen LogP contribution in [0.4, 0.5) is 0 Å². The first-order chi connectivity index (χ1) is 22.6. The fraction of sp³-hybridized carbons (Fsp3) is 0.389. The monoisotopic (exact) mass is 660 g/mol. The van der Waals surface area contributed by atoms with Crippen LogP contribution in [0.5, 0.6) is 0 Å². The number of ether oxygens (including phenoxy) is 4. The van der Waals surface area contributed by atoms with Gasteiger partial charge in [-0.3, -0.25) is 19.2 Å². The minimum Gasteiger partial charge on any atom is -0.478 e. The molecule has 0 bridgehead atoms. The number of aliphatic carboxylic acids is 1. The first kappa shape index (κ1) is 37.2. The molecule has 0 aromatic carbocycles. The zero-order valence-electron chi connectivity index (χ0n) is 27.0. The minimum atomic E-state index is -1.72. The van der Waals surface area contributed by atoms with Gasteiger partial charge in [0.2, 0.25) is 11.6 Å². The maximum atomic E-state index is 13.2. The molecular weight excluding hydrogens is 624 g/mol. The summed E-state index contributed by atoms with van der Waals surface area (Å²) in [5.41, 5.74) is 1.13. The highest BCUT2D eigenvalue weighted by atomic mass is 16.6. The lowest BCUT2D eigenvalue weighted by Gasteiger charge is -2.30. The summed E-state index contributed by atoms with van der Waals surface area (Å²) < 4.78 is 20.9. The van der Waals surface area contributed by atoms with Gasteiger partial charge >= 0.3 is 23.9 Å². The molecule has 3 rings (SSSR count). The van der Waals surface area contributed by atoms with Crippen LogP contribution in [-0.2, 0) is 47.7 Å². The number of hydrogen-bond acceptors (Lipinski definition) is 11. The Labute approximate surface area is 277 Å². The van der Waals surface area contributed by atoms with E-state index in [1.54, 1.807) is 0 Å². The van der Waals surface area contributed by atoms with Crippen molar-refractivity contribution < 1.29 is 57.9 Å². The number of aliphatic hydroxyl groups is 1. The summed E-state index contributed by atoms with van der Waals surface area (Å²) in [6, 6.07) is 0. The largest absolute Gasteiger partial charge is 0.478 e. The average molecular weight is 661 g/mol. The number of epoxide rings is 1. The summed E-state index contributed by atoms with van der Waals surface area (Å²) in [6.07, 6.45) is 0.337. The minimum absolute atomic E-state index is 0.117. The summed E-state index contributed by atoms with van der Waals surface area (Å²) >= 11 is 0. The fourth-order valence-corrected chi connectivity index (χ4v) is 4.56. The number of Topliss-reactive ketones (excluding diaryl/α,β-unsaturated/α-hetero) is 2. The van der Waals surface area contributed by atoms with Gasteiger partial charge in [0.1, 0.15) is 12.2 Å². The molecule has 0 radical (unpaired) electrons. The van der Waals surface area contributed by atoms with Crippen molar-refractivity contribution >= 4 is 35.4 Å². The SMILES string of the molecule is C=C(C#CC1=C[C@@H](OC(C)=O)[C@H](O)[C@@H](OC(=O)/C(C)=C/CCC(=C)C#CC2=C[C@@H](OC(C)=O)[C@@H]3O[C@@H]3C2=O)C1=O)CC/C=C(\C)C(=O)O. The predicted molar refractivity (Wildman–Crippen MR) is 169 cm³/mol. The second-order valence-electron chi connectivity index (χ2n) is 11.2. The Hall–Kier alpha value is -5.30. The molecule has 2 aliphatic carbocycles. The summed E-state index contributed by atoms with van der Waals surface area (Å²) in [6.45, 7) is 13.0. The van der Waals surface area contributed by atoms with E-state index >= 15 is 0 Å². The van der Waals surface area contributed by atoms with Crippen LogP contribution in [0.2, 0.25) is 0 Å². The van der Waals surface area contributed by atoms with Crippen LogP contribution in [0.25, 0.3) is 0 Å². The molecule has 0 saturated carbocycles. The van der Waals surface area contributed by atoms with E-state index < -0.39 is 66.3 Å². The van der Waals surface area contributed by atoms with Crippen molar-refractivity contribution in [1.82, 2.24) is 0 Å². The number of carboxylic acids is 1. The molecule has 6 atom stereocenters. The Morgan fingerprint density at radius 3 is 1.85 bits per heavy atom. The molecule has 1 saturated heterocycles. The molecule has 1 aliphatic heterocycles. The highest BCUT2D eigenvalue weighted by Gasteiger charge is 2.54. The van der Waals surface area contributed by atoms with Crippen molar-refractivity contribution in [2.75, 3.05) is 0 Å². The number of carbonyl (C=O) groups is 6. The van der Waals surface area contributed by atoms with Crippen molar-refractivity contribution in [3.63, 3.8) is 0 Å². The Morgan fingerprint density at radius 2 is 1.31 bits per heavy atom. The smallest absolute Gasteiger partial charge is 0.334 e. The number of ketones is 2. The van der Waals surface area contributed by atoms with Crippen molar-refractivity contribution in [1.29, 1.82) is 0 Å². The van der Waals surface area contributed by atoms with Gasteiger partial charge < -0.3 is 29.2 Å². The maximum absolute atomic E-state index is 13.2. The van der Waals surface area contributed by atoms with Gasteiger partial charge in [0, 0.05) is 25.0 Å². The quantitative estimate of drug-likeness (QED) is 0.109. The van der Waals surface area contributed by atoms with Crippen molar-refractivity contribution in [3.05, 3.63) is 70.9 Å². The van der Waals surface area contributed by atoms with E-state index in [1.165, 1.54) is 45.1 Å². The molecule has 12 heteroatoms. The molecule has 0 aromatic heterocycles. The van der Waals surface area contributed by atoms with Gasteiger partial charge in [-0.25, -0.2) is 9.59 Å². The molecule has 12 nitrogen and oxygen atoms in total. The first-order valence-corrected chi connectivity index (χ1v) is 15.0. The Kier molecular flexibility index (Phi) is 12.8. The zero-order chi connectivity index (χ0) is 35.7. The predicted octanol–water partition coefficient (Wildman–Crippen LogP) is 2.56. The second-order valence-corrected chi connectivity index (χ2v) is 11.2. The van der Waals surface area contributed by atoms with E-state index in [-0.39, 0.29) is 28.1 Å². The van der Waals surface area contributed by atoms with Gasteiger partial charge in [-0.2, -0.15) is 0 Å². The third kappa shape index (κ3) is 10.4. The zero-order valence-corrected chi connectivity index (χ0v) is 27.0. The van der Waals surface area contributed by atoms with Crippen LogP contribution in [0, 0.1) is 23.7 Å². The molecule has 0 spiro atoms. The van der Waals surface area contributed by atoms with Crippen LogP contribution in [0.1, 0.15) is 53.4 Å². The van der Waals surface area contributed by atoms with E-state index in [4.69, 9.17) is 24.1 Å². The third-order valence-electron chi connectivity index (χ3n) is 7.24. The summed E-state index contributed by atoms with van der Waals surface area (Å²) in [5.74, 6) is 6.57. The molecule has 0 aromatic rings. The molecule has 2 N–H and O–H groups in total. The normalized spacial score (nSPS) is 24.6. The van der Waals surface area contributed by atoms with E-state index in [2.05, 4.69) is 36.8 Å². The van der Waals surface area contributed by atoms with Crippen molar-refractivity contribution in [2.24, 2.45) is 0 Å². The number of hydrogen-bond donors (Lipinski definition) is 2. The van der Waals surface area contributed by atoms with Gasteiger partial charge in [0.15, 0.2) is 24.4 Å². The first-order valence-electron chi connectivity index (χ1n) is 15.0. The highest BCUT2D eigenvalue weighted by Crippen LogP contribution is 2.35. The van der Waals surface area contributed by atoms with Gasteiger partial charge in [-0.15, -0.1) is 0 Å². The lowest BCUT2D eigenvalue weighted by Crippen LogP contribution is -2.49. The Bertz CT molecular complexity index is 1680. The molecule has 0 unspecified atom stereocenters. The number of allylic oxidation sites excluding steroid dienone is 4. The number of aliphatic hydroxyl groups excluding tert-OH is 1. The Morgan fingerprint density at radius 1 is 0.812 bits per heavy atom. The second kappa shape index (κ2) is 16.5. The van der Waals surface area contributed by atoms with E-state index in [0.29, 0.717) is 36.8 Å². The van der Waals surface area contributed by atoms with Crippen molar-refractivity contribution in [2.45, 2.75) is 90.0 Å². The Balaban J connectivity index is 1.62. The average Bonchev–Trinajstić information content (AvgIpc) is 3.82. The van der Waals surface area contributed by atoms with Crippen LogP contribution in [0.3, 0.4) is 0 Å². The summed E-state index contributed by atoms with van der Waals surface area (Å²) in [7, 11) is 0. The molecule has 1 heterocycles. The van der Waals surface area contributed by atoms with E-state index in [9.17, 15) is 33.9 Å². The molecule has 252 valence electrons. The summed E-state index contributed by atoms with van der Waals surface area (Å²) in [5, 5.41) is 19.7.